The number of anilines is 1. The van der Waals surface area contributed by atoms with Crippen molar-refractivity contribution in [1.29, 1.82) is 0 Å². The molecule has 2 amide bonds. The normalized spacial score (nSPS) is 11.4. The van der Waals surface area contributed by atoms with E-state index in [-0.39, 0.29) is 5.91 Å². The number of H-pyrrole nitrogens is 1. The zero-order chi connectivity index (χ0) is 19.6. The molecule has 0 bridgehead atoms. The lowest BCUT2D eigenvalue weighted by Gasteiger charge is -2.13. The van der Waals surface area contributed by atoms with Gasteiger partial charge < -0.3 is 16.0 Å². The standard InChI is InChI=1S/C22H23N3O2/c1-13(2)7-10-20(26)25-19-6-4-5-15(14(19)3)16-8-9-18(22(23)27)21-17(16)11-12-24-21/h4-13,24H,1-3H3,(H2,23,27)(H,25,26)/b10-7+. The van der Waals surface area contributed by atoms with E-state index in [1.807, 2.05) is 57.2 Å². The van der Waals surface area contributed by atoms with Gasteiger partial charge in [0.05, 0.1) is 11.1 Å². The molecule has 1 heterocycles. The Labute approximate surface area is 158 Å². The number of aromatic nitrogens is 1. The van der Waals surface area contributed by atoms with Gasteiger partial charge in [-0.2, -0.15) is 0 Å². The highest BCUT2D eigenvalue weighted by atomic mass is 16.1. The number of nitrogens with one attached hydrogen (secondary N) is 2. The maximum Gasteiger partial charge on any atom is 0.250 e. The summed E-state index contributed by atoms with van der Waals surface area (Å²) < 4.78 is 0. The minimum absolute atomic E-state index is 0.153. The number of hydrogen-bond acceptors (Lipinski definition) is 2. The summed E-state index contributed by atoms with van der Waals surface area (Å²) in [7, 11) is 0. The maximum atomic E-state index is 12.2. The molecule has 3 rings (SSSR count). The number of amides is 2. The zero-order valence-electron chi connectivity index (χ0n) is 15.7. The summed E-state index contributed by atoms with van der Waals surface area (Å²) in [5.74, 6) is -0.308. The van der Waals surface area contributed by atoms with Crippen LogP contribution in [0.1, 0.15) is 29.8 Å². The quantitative estimate of drug-likeness (QED) is 0.588. The molecular weight excluding hydrogens is 338 g/mol. The topological polar surface area (TPSA) is 88.0 Å². The van der Waals surface area contributed by atoms with E-state index in [0.29, 0.717) is 17.0 Å². The molecule has 4 N–H and O–H groups in total. The van der Waals surface area contributed by atoms with E-state index in [1.165, 1.54) is 0 Å². The number of primary amides is 1. The SMILES string of the molecule is Cc1c(NC(=O)/C=C/C(C)C)cccc1-c1ccc(C(N)=O)c2[nH]ccc12. The summed E-state index contributed by atoms with van der Waals surface area (Å²) in [5.41, 5.74) is 10.3. The van der Waals surface area contributed by atoms with Gasteiger partial charge in [-0.3, -0.25) is 9.59 Å². The average Bonchev–Trinajstić information content (AvgIpc) is 3.10. The molecule has 3 aromatic rings. The highest BCUT2D eigenvalue weighted by molar-refractivity contribution is 6.09. The van der Waals surface area contributed by atoms with Crippen molar-refractivity contribution in [2.24, 2.45) is 11.7 Å². The van der Waals surface area contributed by atoms with Gasteiger partial charge in [0.2, 0.25) is 5.91 Å². The Morgan fingerprint density at radius 1 is 1.11 bits per heavy atom. The van der Waals surface area contributed by atoms with E-state index in [0.717, 1.165) is 27.8 Å². The second kappa shape index (κ2) is 7.50. The Balaban J connectivity index is 2.03. The van der Waals surface area contributed by atoms with E-state index >= 15 is 0 Å². The Kier molecular flexibility index (Phi) is 5.12. The first-order valence-corrected chi connectivity index (χ1v) is 8.87. The van der Waals surface area contributed by atoms with Crippen LogP contribution in [0.15, 0.2) is 54.7 Å². The molecule has 0 aliphatic heterocycles. The lowest BCUT2D eigenvalue weighted by Crippen LogP contribution is -2.11. The first kappa shape index (κ1) is 18.5. The molecule has 0 saturated carbocycles. The lowest BCUT2D eigenvalue weighted by molar-refractivity contribution is -0.111. The predicted molar refractivity (Wildman–Crippen MR) is 110 cm³/mol. The molecule has 2 aromatic carbocycles. The highest BCUT2D eigenvalue weighted by Crippen LogP contribution is 2.34. The fraction of sp³-hybridized carbons (Fsp3) is 0.182. The van der Waals surface area contributed by atoms with Crippen LogP contribution in [0.3, 0.4) is 0 Å². The van der Waals surface area contributed by atoms with Gasteiger partial charge in [-0.25, -0.2) is 0 Å². The van der Waals surface area contributed by atoms with E-state index in [4.69, 9.17) is 5.73 Å². The van der Waals surface area contributed by atoms with Crippen molar-refractivity contribution in [1.82, 2.24) is 4.98 Å². The van der Waals surface area contributed by atoms with Crippen LogP contribution in [0.5, 0.6) is 0 Å². The van der Waals surface area contributed by atoms with Crippen LogP contribution in [-0.2, 0) is 4.79 Å². The molecule has 138 valence electrons. The first-order valence-electron chi connectivity index (χ1n) is 8.87. The van der Waals surface area contributed by atoms with Gasteiger partial charge in [-0.05, 0) is 53.8 Å². The van der Waals surface area contributed by atoms with Crippen molar-refractivity contribution in [2.75, 3.05) is 5.32 Å². The monoisotopic (exact) mass is 361 g/mol. The lowest BCUT2D eigenvalue weighted by atomic mass is 9.94. The molecule has 0 unspecified atom stereocenters. The van der Waals surface area contributed by atoms with Crippen LogP contribution in [-0.4, -0.2) is 16.8 Å². The largest absolute Gasteiger partial charge is 0.366 e. The van der Waals surface area contributed by atoms with Crippen LogP contribution in [0.4, 0.5) is 5.69 Å². The first-order chi connectivity index (χ1) is 12.9. The molecule has 5 nitrogen and oxygen atoms in total. The average molecular weight is 361 g/mol. The summed E-state index contributed by atoms with van der Waals surface area (Å²) in [5, 5.41) is 3.85. The van der Waals surface area contributed by atoms with E-state index in [9.17, 15) is 9.59 Å². The number of benzene rings is 2. The third-order valence-electron chi connectivity index (χ3n) is 4.50. The Bertz CT molecular complexity index is 1040. The summed E-state index contributed by atoms with van der Waals surface area (Å²) in [4.78, 5) is 26.9. The molecule has 1 aromatic heterocycles. The van der Waals surface area contributed by atoms with Crippen molar-refractivity contribution in [3.05, 3.63) is 65.9 Å². The number of allylic oxidation sites excluding steroid dienone is 1. The van der Waals surface area contributed by atoms with E-state index in [2.05, 4.69) is 10.3 Å². The molecule has 0 fully saturated rings. The molecule has 27 heavy (non-hydrogen) atoms. The molecular formula is C22H23N3O2. The minimum atomic E-state index is -0.469. The van der Waals surface area contributed by atoms with Crippen molar-refractivity contribution in [3.63, 3.8) is 0 Å². The number of fused-ring (bicyclic) bond motifs is 1. The number of rotatable bonds is 5. The van der Waals surface area contributed by atoms with Gasteiger partial charge >= 0.3 is 0 Å². The van der Waals surface area contributed by atoms with Gasteiger partial charge in [0.1, 0.15) is 0 Å². The van der Waals surface area contributed by atoms with Crippen LogP contribution in [0, 0.1) is 12.8 Å². The summed E-state index contributed by atoms with van der Waals surface area (Å²) in [6.07, 6.45) is 5.21. The number of nitrogens with two attached hydrogens (primary N) is 1. The predicted octanol–water partition coefficient (Wildman–Crippen LogP) is 4.39. The van der Waals surface area contributed by atoms with Gasteiger partial charge in [0.15, 0.2) is 0 Å². The summed E-state index contributed by atoms with van der Waals surface area (Å²) in [6, 6.07) is 11.3. The van der Waals surface area contributed by atoms with Crippen molar-refractivity contribution in [2.45, 2.75) is 20.8 Å². The number of aromatic amines is 1. The van der Waals surface area contributed by atoms with Crippen LogP contribution in [0.2, 0.25) is 0 Å². The van der Waals surface area contributed by atoms with Crippen LogP contribution < -0.4 is 11.1 Å². The third kappa shape index (κ3) is 3.77. The van der Waals surface area contributed by atoms with Crippen LogP contribution in [0.25, 0.3) is 22.0 Å². The molecule has 5 heteroatoms. The molecule has 0 aliphatic rings. The molecule has 0 spiro atoms. The van der Waals surface area contributed by atoms with Gasteiger partial charge in [0, 0.05) is 17.3 Å². The Hall–Kier alpha value is -3.34. The molecule has 0 radical (unpaired) electrons. The number of hydrogen-bond donors (Lipinski definition) is 3. The van der Waals surface area contributed by atoms with Crippen molar-refractivity contribution < 1.29 is 9.59 Å². The Morgan fingerprint density at radius 2 is 1.89 bits per heavy atom. The van der Waals surface area contributed by atoms with Gasteiger partial charge in [-0.15, -0.1) is 0 Å². The van der Waals surface area contributed by atoms with Gasteiger partial charge in [-0.1, -0.05) is 38.1 Å². The zero-order valence-corrected chi connectivity index (χ0v) is 15.7. The second-order valence-electron chi connectivity index (χ2n) is 6.86. The fourth-order valence-electron chi connectivity index (χ4n) is 3.11. The molecule has 0 atom stereocenters. The highest BCUT2D eigenvalue weighted by Gasteiger charge is 2.15. The van der Waals surface area contributed by atoms with Crippen LogP contribution >= 0.6 is 0 Å². The fourth-order valence-corrected chi connectivity index (χ4v) is 3.11. The second-order valence-corrected chi connectivity index (χ2v) is 6.86. The smallest absolute Gasteiger partial charge is 0.250 e. The summed E-state index contributed by atoms with van der Waals surface area (Å²) in [6.45, 7) is 6.01. The molecule has 0 saturated heterocycles. The van der Waals surface area contributed by atoms with E-state index in [1.54, 1.807) is 18.3 Å². The maximum absolute atomic E-state index is 12.2. The van der Waals surface area contributed by atoms with E-state index < -0.39 is 5.91 Å². The van der Waals surface area contributed by atoms with Gasteiger partial charge in [0.25, 0.3) is 5.91 Å². The minimum Gasteiger partial charge on any atom is -0.366 e. The summed E-state index contributed by atoms with van der Waals surface area (Å²) >= 11 is 0. The Morgan fingerprint density at radius 3 is 2.59 bits per heavy atom. The van der Waals surface area contributed by atoms with Crippen molar-refractivity contribution in [3.8, 4) is 11.1 Å². The number of carbonyl (C=O) groups excluding carboxylic acids is 2. The van der Waals surface area contributed by atoms with Crippen molar-refractivity contribution >= 4 is 28.4 Å². The molecule has 0 aliphatic carbocycles. The number of carbonyl (C=O) groups is 2. The third-order valence-corrected chi connectivity index (χ3v) is 4.50.